The van der Waals surface area contributed by atoms with Crippen molar-refractivity contribution in [2.24, 2.45) is 5.73 Å². The van der Waals surface area contributed by atoms with Crippen LogP contribution in [-0.2, 0) is 4.79 Å². The SMILES string of the molecule is NCC(=O)Nc1cc2ccccc2cc1C(=O)O. The Balaban J connectivity index is 2.57. The van der Waals surface area contributed by atoms with Crippen molar-refractivity contribution in [1.29, 1.82) is 0 Å². The molecule has 0 aliphatic rings. The summed E-state index contributed by atoms with van der Waals surface area (Å²) in [4.78, 5) is 22.4. The smallest absolute Gasteiger partial charge is 0.337 e. The largest absolute Gasteiger partial charge is 0.478 e. The normalized spacial score (nSPS) is 10.3. The fourth-order valence-corrected chi connectivity index (χ4v) is 1.72. The number of carbonyl (C=O) groups excluding carboxylic acids is 1. The Bertz CT molecular complexity index is 623. The highest BCUT2D eigenvalue weighted by atomic mass is 16.4. The number of benzene rings is 2. The van der Waals surface area contributed by atoms with Crippen molar-refractivity contribution < 1.29 is 14.7 Å². The van der Waals surface area contributed by atoms with E-state index in [9.17, 15) is 9.59 Å². The van der Waals surface area contributed by atoms with Gasteiger partial charge in [0.2, 0.25) is 5.91 Å². The summed E-state index contributed by atoms with van der Waals surface area (Å²) in [5.41, 5.74) is 5.51. The van der Waals surface area contributed by atoms with Gasteiger partial charge in [-0.1, -0.05) is 24.3 Å². The summed E-state index contributed by atoms with van der Waals surface area (Å²) >= 11 is 0. The fraction of sp³-hybridized carbons (Fsp3) is 0.0769. The molecule has 2 rings (SSSR count). The van der Waals surface area contributed by atoms with E-state index in [0.29, 0.717) is 0 Å². The molecule has 5 heteroatoms. The van der Waals surface area contributed by atoms with Gasteiger partial charge in [0.05, 0.1) is 17.8 Å². The Morgan fingerprint density at radius 1 is 1.17 bits per heavy atom. The number of nitrogens with two attached hydrogens (primary N) is 1. The van der Waals surface area contributed by atoms with Gasteiger partial charge in [-0.2, -0.15) is 0 Å². The summed E-state index contributed by atoms with van der Waals surface area (Å²) in [6.45, 7) is -0.189. The van der Waals surface area contributed by atoms with Crippen LogP contribution in [0.3, 0.4) is 0 Å². The van der Waals surface area contributed by atoms with Gasteiger partial charge in [-0.25, -0.2) is 4.79 Å². The van der Waals surface area contributed by atoms with Crippen LogP contribution in [0, 0.1) is 0 Å². The lowest BCUT2D eigenvalue weighted by molar-refractivity contribution is -0.114. The van der Waals surface area contributed by atoms with Gasteiger partial charge in [0.1, 0.15) is 0 Å². The molecule has 0 unspecified atom stereocenters. The predicted molar refractivity (Wildman–Crippen MR) is 68.6 cm³/mol. The minimum Gasteiger partial charge on any atom is -0.478 e. The third-order valence-electron chi connectivity index (χ3n) is 2.58. The maximum atomic E-state index is 11.3. The molecular weight excluding hydrogens is 232 g/mol. The summed E-state index contributed by atoms with van der Waals surface area (Å²) in [5, 5.41) is 13.3. The zero-order valence-electron chi connectivity index (χ0n) is 9.51. The highest BCUT2D eigenvalue weighted by Gasteiger charge is 2.13. The van der Waals surface area contributed by atoms with E-state index in [0.717, 1.165) is 10.8 Å². The van der Waals surface area contributed by atoms with Crippen LogP contribution in [-0.4, -0.2) is 23.5 Å². The average molecular weight is 244 g/mol. The number of aromatic carboxylic acids is 1. The second-order valence-electron chi connectivity index (χ2n) is 3.80. The Kier molecular flexibility index (Phi) is 3.25. The number of hydrogen-bond acceptors (Lipinski definition) is 3. The standard InChI is InChI=1S/C13H12N2O3/c14-7-12(16)15-11-6-9-4-2-1-3-8(9)5-10(11)13(17)18/h1-6H,7,14H2,(H,15,16)(H,17,18). The maximum absolute atomic E-state index is 11.3. The molecule has 0 saturated heterocycles. The molecule has 0 aliphatic heterocycles. The third-order valence-corrected chi connectivity index (χ3v) is 2.58. The number of hydrogen-bond donors (Lipinski definition) is 3. The maximum Gasteiger partial charge on any atom is 0.337 e. The number of carbonyl (C=O) groups is 2. The molecule has 0 fully saturated rings. The molecule has 92 valence electrons. The molecule has 18 heavy (non-hydrogen) atoms. The highest BCUT2D eigenvalue weighted by molar-refractivity contribution is 6.05. The van der Waals surface area contributed by atoms with Crippen LogP contribution in [0.5, 0.6) is 0 Å². The van der Waals surface area contributed by atoms with Crippen LogP contribution in [0.2, 0.25) is 0 Å². The van der Waals surface area contributed by atoms with Gasteiger partial charge in [0.15, 0.2) is 0 Å². The Morgan fingerprint density at radius 2 is 1.78 bits per heavy atom. The van der Waals surface area contributed by atoms with E-state index in [4.69, 9.17) is 10.8 Å². The number of anilines is 1. The number of amides is 1. The summed E-state index contributed by atoms with van der Waals surface area (Å²) < 4.78 is 0. The van der Waals surface area contributed by atoms with Crippen molar-refractivity contribution >= 4 is 28.3 Å². The second-order valence-corrected chi connectivity index (χ2v) is 3.80. The van der Waals surface area contributed by atoms with E-state index in [-0.39, 0.29) is 17.8 Å². The van der Waals surface area contributed by atoms with Crippen LogP contribution >= 0.6 is 0 Å². The van der Waals surface area contributed by atoms with Gasteiger partial charge < -0.3 is 16.2 Å². The van der Waals surface area contributed by atoms with Gasteiger partial charge in [-0.3, -0.25) is 4.79 Å². The van der Waals surface area contributed by atoms with Crippen LogP contribution in [0.4, 0.5) is 5.69 Å². The quantitative estimate of drug-likeness (QED) is 0.761. The Labute approximate surface area is 103 Å². The Hall–Kier alpha value is -2.40. The lowest BCUT2D eigenvalue weighted by Gasteiger charge is -2.09. The van der Waals surface area contributed by atoms with Crippen LogP contribution in [0.1, 0.15) is 10.4 Å². The average Bonchev–Trinajstić information content (AvgIpc) is 2.37. The summed E-state index contributed by atoms with van der Waals surface area (Å²) in [7, 11) is 0. The first-order valence-corrected chi connectivity index (χ1v) is 5.38. The van der Waals surface area contributed by atoms with Crippen molar-refractivity contribution in [3.63, 3.8) is 0 Å². The number of rotatable bonds is 3. The van der Waals surface area contributed by atoms with E-state index in [1.54, 1.807) is 6.07 Å². The van der Waals surface area contributed by atoms with E-state index in [1.165, 1.54) is 6.07 Å². The van der Waals surface area contributed by atoms with E-state index < -0.39 is 11.9 Å². The molecule has 0 atom stereocenters. The predicted octanol–water partition coefficient (Wildman–Crippen LogP) is 1.44. The molecule has 0 aliphatic carbocycles. The molecule has 5 nitrogen and oxygen atoms in total. The van der Waals surface area contributed by atoms with Gasteiger partial charge in [-0.05, 0) is 22.9 Å². The Morgan fingerprint density at radius 3 is 2.33 bits per heavy atom. The monoisotopic (exact) mass is 244 g/mol. The first-order valence-electron chi connectivity index (χ1n) is 5.38. The molecule has 0 aromatic heterocycles. The van der Waals surface area contributed by atoms with Crippen LogP contribution in [0.15, 0.2) is 36.4 Å². The van der Waals surface area contributed by atoms with Gasteiger partial charge in [-0.15, -0.1) is 0 Å². The molecular formula is C13H12N2O3. The molecule has 0 radical (unpaired) electrons. The topological polar surface area (TPSA) is 92.4 Å². The van der Waals surface area contributed by atoms with Crippen molar-refractivity contribution in [3.8, 4) is 0 Å². The first-order chi connectivity index (χ1) is 8.61. The molecule has 1 amide bonds. The van der Waals surface area contributed by atoms with Gasteiger partial charge in [0.25, 0.3) is 0 Å². The number of carboxylic acids is 1. The summed E-state index contributed by atoms with van der Waals surface area (Å²) in [6, 6.07) is 10.5. The first kappa shape index (κ1) is 12.1. The van der Waals surface area contributed by atoms with Crippen LogP contribution in [0.25, 0.3) is 10.8 Å². The molecule has 0 spiro atoms. The number of fused-ring (bicyclic) bond motifs is 1. The zero-order chi connectivity index (χ0) is 13.1. The van der Waals surface area contributed by atoms with Crippen molar-refractivity contribution in [1.82, 2.24) is 0 Å². The highest BCUT2D eigenvalue weighted by Crippen LogP contribution is 2.24. The lowest BCUT2D eigenvalue weighted by Crippen LogP contribution is -2.23. The third kappa shape index (κ3) is 2.31. The molecule has 0 heterocycles. The summed E-state index contributed by atoms with van der Waals surface area (Å²) in [5.74, 6) is -1.51. The van der Waals surface area contributed by atoms with E-state index in [2.05, 4.69) is 5.32 Å². The van der Waals surface area contributed by atoms with Crippen molar-refractivity contribution in [3.05, 3.63) is 42.0 Å². The van der Waals surface area contributed by atoms with Crippen molar-refractivity contribution in [2.75, 3.05) is 11.9 Å². The summed E-state index contributed by atoms with van der Waals surface area (Å²) in [6.07, 6.45) is 0. The lowest BCUT2D eigenvalue weighted by atomic mass is 10.0. The molecule has 2 aromatic carbocycles. The molecule has 4 N–H and O–H groups in total. The molecule has 0 saturated carbocycles. The van der Waals surface area contributed by atoms with Crippen molar-refractivity contribution in [2.45, 2.75) is 0 Å². The zero-order valence-corrected chi connectivity index (χ0v) is 9.51. The minimum atomic E-state index is -1.09. The van der Waals surface area contributed by atoms with Gasteiger partial charge in [0, 0.05) is 0 Å². The van der Waals surface area contributed by atoms with E-state index in [1.807, 2.05) is 24.3 Å². The van der Waals surface area contributed by atoms with Gasteiger partial charge >= 0.3 is 5.97 Å². The molecule has 0 bridgehead atoms. The van der Waals surface area contributed by atoms with Crippen LogP contribution < -0.4 is 11.1 Å². The number of carboxylic acid groups (broad SMARTS) is 1. The molecule has 2 aromatic rings. The second kappa shape index (κ2) is 4.85. The number of nitrogens with one attached hydrogen (secondary N) is 1. The van der Waals surface area contributed by atoms with E-state index >= 15 is 0 Å². The fourth-order valence-electron chi connectivity index (χ4n) is 1.72. The minimum absolute atomic E-state index is 0.0514.